The number of rotatable bonds is 4. The summed E-state index contributed by atoms with van der Waals surface area (Å²) in [5.41, 5.74) is 0. The van der Waals surface area contributed by atoms with Gasteiger partial charge in [0.1, 0.15) is 11.5 Å². The van der Waals surface area contributed by atoms with Crippen LogP contribution in [0.4, 0.5) is 0 Å². The predicted molar refractivity (Wildman–Crippen MR) is 73.7 cm³/mol. The summed E-state index contributed by atoms with van der Waals surface area (Å²) in [4.78, 5) is 11.9. The summed E-state index contributed by atoms with van der Waals surface area (Å²) in [6, 6.07) is 4.06. The Morgan fingerprint density at radius 1 is 1.67 bits per heavy atom. The number of furan rings is 1. The Morgan fingerprint density at radius 2 is 2.50 bits per heavy atom. The van der Waals surface area contributed by atoms with Crippen molar-refractivity contribution in [2.24, 2.45) is 0 Å². The SMILES string of the molecule is Cc1ccc(C(C)NC(=O)CC2CSCCN2)o1. The van der Waals surface area contributed by atoms with Gasteiger partial charge in [-0.2, -0.15) is 11.8 Å². The van der Waals surface area contributed by atoms with E-state index in [1.54, 1.807) is 0 Å². The van der Waals surface area contributed by atoms with Crippen LogP contribution in [0.1, 0.15) is 30.9 Å². The minimum absolute atomic E-state index is 0.0672. The minimum Gasteiger partial charge on any atom is -0.464 e. The zero-order valence-corrected chi connectivity index (χ0v) is 11.7. The Morgan fingerprint density at radius 3 is 3.11 bits per heavy atom. The molecule has 1 saturated heterocycles. The van der Waals surface area contributed by atoms with Crippen LogP contribution in [-0.2, 0) is 4.79 Å². The van der Waals surface area contributed by atoms with Gasteiger partial charge in [0.05, 0.1) is 6.04 Å². The second-order valence-corrected chi connectivity index (χ2v) is 5.82. The Kier molecular flexibility index (Phi) is 4.72. The van der Waals surface area contributed by atoms with E-state index in [1.165, 1.54) is 0 Å². The van der Waals surface area contributed by atoms with E-state index >= 15 is 0 Å². The Bertz CT molecular complexity index is 399. The first kappa shape index (κ1) is 13.5. The van der Waals surface area contributed by atoms with Gasteiger partial charge in [0.15, 0.2) is 0 Å². The van der Waals surface area contributed by atoms with Gasteiger partial charge in [0.2, 0.25) is 5.91 Å². The number of carbonyl (C=O) groups excluding carboxylic acids is 1. The molecule has 2 atom stereocenters. The van der Waals surface area contributed by atoms with Crippen LogP contribution in [0, 0.1) is 6.92 Å². The lowest BCUT2D eigenvalue weighted by Crippen LogP contribution is -2.41. The highest BCUT2D eigenvalue weighted by Gasteiger charge is 2.19. The van der Waals surface area contributed by atoms with Gasteiger partial charge in [0.25, 0.3) is 0 Å². The molecule has 0 aromatic carbocycles. The van der Waals surface area contributed by atoms with E-state index in [1.807, 2.05) is 37.7 Å². The van der Waals surface area contributed by atoms with E-state index in [4.69, 9.17) is 4.42 Å². The zero-order chi connectivity index (χ0) is 13.0. The quantitative estimate of drug-likeness (QED) is 0.875. The molecule has 100 valence electrons. The maximum atomic E-state index is 11.9. The summed E-state index contributed by atoms with van der Waals surface area (Å²) in [5, 5.41) is 6.34. The zero-order valence-electron chi connectivity index (χ0n) is 10.9. The van der Waals surface area contributed by atoms with Gasteiger partial charge in [-0.1, -0.05) is 0 Å². The molecule has 2 rings (SSSR count). The molecule has 1 amide bonds. The number of thioether (sulfide) groups is 1. The molecule has 5 heteroatoms. The van der Waals surface area contributed by atoms with Crippen molar-refractivity contribution in [2.75, 3.05) is 18.1 Å². The monoisotopic (exact) mass is 268 g/mol. The molecule has 1 aromatic heterocycles. The number of carbonyl (C=O) groups is 1. The van der Waals surface area contributed by atoms with Crippen molar-refractivity contribution in [1.82, 2.24) is 10.6 Å². The van der Waals surface area contributed by atoms with Crippen molar-refractivity contribution < 1.29 is 9.21 Å². The lowest BCUT2D eigenvalue weighted by Gasteiger charge is -2.23. The second-order valence-electron chi connectivity index (χ2n) is 4.67. The third-order valence-corrected chi connectivity index (χ3v) is 4.13. The molecule has 2 heterocycles. The first-order valence-corrected chi connectivity index (χ1v) is 7.47. The van der Waals surface area contributed by atoms with Crippen molar-refractivity contribution in [1.29, 1.82) is 0 Å². The largest absolute Gasteiger partial charge is 0.464 e. The van der Waals surface area contributed by atoms with Gasteiger partial charge >= 0.3 is 0 Å². The van der Waals surface area contributed by atoms with Crippen LogP contribution < -0.4 is 10.6 Å². The second kappa shape index (κ2) is 6.29. The van der Waals surface area contributed by atoms with Crippen LogP contribution in [0.3, 0.4) is 0 Å². The Hall–Kier alpha value is -0.940. The van der Waals surface area contributed by atoms with E-state index in [0.717, 1.165) is 29.6 Å². The summed E-state index contributed by atoms with van der Waals surface area (Å²) in [6.07, 6.45) is 0.539. The minimum atomic E-state index is -0.0672. The molecule has 0 aliphatic carbocycles. The molecule has 18 heavy (non-hydrogen) atoms. The smallest absolute Gasteiger partial charge is 0.222 e. The molecule has 1 aromatic rings. The first-order chi connectivity index (χ1) is 8.65. The summed E-state index contributed by atoms with van der Waals surface area (Å²) < 4.78 is 5.50. The number of hydrogen-bond acceptors (Lipinski definition) is 4. The molecule has 1 fully saturated rings. The Labute approximate surface area is 112 Å². The molecular weight excluding hydrogens is 248 g/mol. The summed E-state index contributed by atoms with van der Waals surface area (Å²) in [5.74, 6) is 3.92. The highest BCUT2D eigenvalue weighted by atomic mass is 32.2. The first-order valence-electron chi connectivity index (χ1n) is 6.32. The highest BCUT2D eigenvalue weighted by Crippen LogP contribution is 2.16. The van der Waals surface area contributed by atoms with Crippen molar-refractivity contribution in [2.45, 2.75) is 32.4 Å². The number of hydrogen-bond donors (Lipinski definition) is 2. The van der Waals surface area contributed by atoms with Gasteiger partial charge in [-0.3, -0.25) is 4.79 Å². The van der Waals surface area contributed by atoms with E-state index in [0.29, 0.717) is 12.5 Å². The van der Waals surface area contributed by atoms with Crippen molar-refractivity contribution in [3.63, 3.8) is 0 Å². The molecule has 4 nitrogen and oxygen atoms in total. The van der Waals surface area contributed by atoms with Crippen molar-refractivity contribution in [3.8, 4) is 0 Å². The van der Waals surface area contributed by atoms with Gasteiger partial charge < -0.3 is 15.1 Å². The molecule has 0 bridgehead atoms. The number of amides is 1. The van der Waals surface area contributed by atoms with Crippen LogP contribution in [-0.4, -0.2) is 30.0 Å². The lowest BCUT2D eigenvalue weighted by molar-refractivity contribution is -0.122. The standard InChI is InChI=1S/C13H20N2O2S/c1-9-3-4-12(17-9)10(2)15-13(16)7-11-8-18-6-5-14-11/h3-4,10-11,14H,5-8H2,1-2H3,(H,15,16). The highest BCUT2D eigenvalue weighted by molar-refractivity contribution is 7.99. The van der Waals surface area contributed by atoms with Gasteiger partial charge in [-0.25, -0.2) is 0 Å². The summed E-state index contributed by atoms with van der Waals surface area (Å²) in [6.45, 7) is 4.84. The van der Waals surface area contributed by atoms with Gasteiger partial charge in [-0.15, -0.1) is 0 Å². The molecule has 2 N–H and O–H groups in total. The maximum Gasteiger partial charge on any atom is 0.222 e. The van der Waals surface area contributed by atoms with Crippen LogP contribution in [0.5, 0.6) is 0 Å². The summed E-state index contributed by atoms with van der Waals surface area (Å²) >= 11 is 1.90. The fourth-order valence-electron chi connectivity index (χ4n) is 2.03. The van der Waals surface area contributed by atoms with Crippen LogP contribution in [0.15, 0.2) is 16.5 Å². The molecule has 0 spiro atoms. The molecule has 1 aliphatic rings. The average Bonchev–Trinajstić information content (AvgIpc) is 2.77. The van der Waals surface area contributed by atoms with Crippen LogP contribution >= 0.6 is 11.8 Å². The lowest BCUT2D eigenvalue weighted by atomic mass is 10.2. The van der Waals surface area contributed by atoms with E-state index < -0.39 is 0 Å². The van der Waals surface area contributed by atoms with E-state index in [9.17, 15) is 4.79 Å². The summed E-state index contributed by atoms with van der Waals surface area (Å²) in [7, 11) is 0. The van der Waals surface area contributed by atoms with E-state index in [2.05, 4.69) is 10.6 Å². The third-order valence-electron chi connectivity index (χ3n) is 3.00. The molecule has 0 radical (unpaired) electrons. The van der Waals surface area contributed by atoms with Crippen molar-refractivity contribution >= 4 is 17.7 Å². The van der Waals surface area contributed by atoms with Gasteiger partial charge in [0, 0.05) is 30.5 Å². The van der Waals surface area contributed by atoms with Crippen LogP contribution in [0.2, 0.25) is 0 Å². The molecule has 2 unspecified atom stereocenters. The number of aryl methyl sites for hydroxylation is 1. The third kappa shape index (κ3) is 3.78. The fraction of sp³-hybridized carbons (Fsp3) is 0.615. The topological polar surface area (TPSA) is 54.3 Å². The van der Waals surface area contributed by atoms with Crippen molar-refractivity contribution in [3.05, 3.63) is 23.7 Å². The average molecular weight is 268 g/mol. The fourth-order valence-corrected chi connectivity index (χ4v) is 2.98. The molecule has 0 saturated carbocycles. The Balaban J connectivity index is 1.79. The maximum absolute atomic E-state index is 11.9. The predicted octanol–water partition coefficient (Wildman–Crippen LogP) is 1.86. The van der Waals surface area contributed by atoms with Crippen LogP contribution in [0.25, 0.3) is 0 Å². The van der Waals surface area contributed by atoms with Gasteiger partial charge in [-0.05, 0) is 26.0 Å². The number of nitrogens with one attached hydrogen (secondary N) is 2. The normalized spacial score (nSPS) is 21.6. The van der Waals surface area contributed by atoms with E-state index in [-0.39, 0.29) is 11.9 Å². The molecular formula is C13H20N2O2S. The molecule has 1 aliphatic heterocycles.